The van der Waals surface area contributed by atoms with E-state index in [0.29, 0.717) is 35.2 Å². The molecule has 3 aromatic carbocycles. The lowest BCUT2D eigenvalue weighted by Crippen LogP contribution is -2.42. The maximum Gasteiger partial charge on any atom is 0.322 e. The van der Waals surface area contributed by atoms with Crippen LogP contribution in [-0.2, 0) is 16.6 Å². The molecule has 4 rings (SSSR count). The average Bonchev–Trinajstić information content (AvgIpc) is 3.33. The average molecular weight is 558 g/mol. The van der Waals surface area contributed by atoms with Crippen LogP contribution in [0.1, 0.15) is 43.2 Å². The summed E-state index contributed by atoms with van der Waals surface area (Å²) >= 11 is 6.48. The first kappa shape index (κ1) is 28.9. The van der Waals surface area contributed by atoms with Crippen molar-refractivity contribution in [3.05, 3.63) is 106 Å². The Morgan fingerprint density at radius 3 is 2.27 bits per heavy atom. The summed E-state index contributed by atoms with van der Waals surface area (Å²) in [4.78, 5) is 28.3. The van der Waals surface area contributed by atoms with Gasteiger partial charge in [0.05, 0.1) is 16.4 Å². The van der Waals surface area contributed by atoms with E-state index in [9.17, 15) is 9.59 Å². The number of halogens is 1. The monoisotopic (exact) mass is 557 g/mol. The second-order valence-electron chi connectivity index (χ2n) is 11.0. The van der Waals surface area contributed by atoms with Crippen molar-refractivity contribution in [3.8, 4) is 5.69 Å². The molecule has 1 aromatic heterocycles. The van der Waals surface area contributed by atoms with E-state index in [4.69, 9.17) is 16.7 Å². The van der Waals surface area contributed by atoms with Gasteiger partial charge < -0.3 is 15.5 Å². The van der Waals surface area contributed by atoms with Crippen molar-refractivity contribution in [2.24, 2.45) is 0 Å². The van der Waals surface area contributed by atoms with Gasteiger partial charge in [-0.05, 0) is 61.2 Å². The number of carbonyl (C=O) groups is 2. The summed E-state index contributed by atoms with van der Waals surface area (Å²) in [7, 11) is 0. The Bertz CT molecular complexity index is 1490. The number of para-hydroxylation sites is 1. The molecule has 0 spiro atoms. The van der Waals surface area contributed by atoms with Crippen LogP contribution in [0.15, 0.2) is 78.9 Å². The summed E-state index contributed by atoms with van der Waals surface area (Å²) < 4.78 is 1.64. The molecule has 1 heterocycles. The van der Waals surface area contributed by atoms with Crippen molar-refractivity contribution in [3.63, 3.8) is 0 Å². The van der Waals surface area contributed by atoms with Gasteiger partial charge >= 0.3 is 6.03 Å². The van der Waals surface area contributed by atoms with E-state index < -0.39 is 0 Å². The van der Waals surface area contributed by atoms with Crippen LogP contribution in [0.2, 0.25) is 5.02 Å². The number of urea groups is 1. The number of aromatic nitrogens is 2. The topological polar surface area (TPSA) is 79.3 Å². The Labute approximate surface area is 241 Å². The summed E-state index contributed by atoms with van der Waals surface area (Å²) in [5.41, 5.74) is 5.19. The third kappa shape index (κ3) is 7.30. The summed E-state index contributed by atoms with van der Waals surface area (Å²) in [6.45, 7) is 10.4. The molecule has 0 aliphatic heterocycles. The van der Waals surface area contributed by atoms with Gasteiger partial charge in [0.2, 0.25) is 5.91 Å². The molecule has 0 saturated heterocycles. The van der Waals surface area contributed by atoms with Crippen LogP contribution in [0, 0.1) is 13.8 Å². The van der Waals surface area contributed by atoms with E-state index in [2.05, 4.69) is 31.4 Å². The molecule has 0 aliphatic carbocycles. The number of nitrogens with one attached hydrogen (secondary N) is 2. The molecule has 0 radical (unpaired) electrons. The lowest BCUT2D eigenvalue weighted by atomic mass is 9.92. The molecule has 4 aromatic rings. The molecule has 2 N–H and O–H groups in total. The minimum atomic E-state index is -0.343. The second kappa shape index (κ2) is 12.4. The third-order valence-electron chi connectivity index (χ3n) is 6.72. The zero-order chi connectivity index (χ0) is 28.9. The number of aryl methyl sites for hydroxylation is 2. The molecule has 0 atom stereocenters. The minimum Gasteiger partial charge on any atom is -0.315 e. The molecule has 0 bridgehead atoms. The quantitative estimate of drug-likeness (QED) is 0.241. The van der Waals surface area contributed by atoms with Crippen LogP contribution in [0.25, 0.3) is 5.69 Å². The summed E-state index contributed by atoms with van der Waals surface area (Å²) in [6.07, 6.45) is 0.611. The number of rotatable bonds is 8. The summed E-state index contributed by atoms with van der Waals surface area (Å²) in [5.74, 6) is 0.151. The molecule has 8 heteroatoms. The van der Waals surface area contributed by atoms with Crippen molar-refractivity contribution in [1.29, 1.82) is 0 Å². The molecule has 0 saturated carbocycles. The van der Waals surface area contributed by atoms with Crippen LogP contribution in [-0.4, -0.2) is 39.7 Å². The fourth-order valence-corrected chi connectivity index (χ4v) is 4.40. The van der Waals surface area contributed by atoms with Crippen molar-refractivity contribution in [2.75, 3.05) is 23.7 Å². The highest BCUT2D eigenvalue weighted by Crippen LogP contribution is 2.29. The van der Waals surface area contributed by atoms with Crippen molar-refractivity contribution in [2.45, 2.75) is 46.5 Å². The van der Waals surface area contributed by atoms with Crippen molar-refractivity contribution in [1.82, 2.24) is 14.7 Å². The van der Waals surface area contributed by atoms with Crippen molar-refractivity contribution >= 4 is 35.0 Å². The van der Waals surface area contributed by atoms with E-state index in [-0.39, 0.29) is 23.9 Å². The van der Waals surface area contributed by atoms with E-state index in [1.807, 2.05) is 86.6 Å². The third-order valence-corrected chi connectivity index (χ3v) is 7.04. The first-order chi connectivity index (χ1) is 19.0. The fourth-order valence-electron chi connectivity index (χ4n) is 4.18. The molecule has 0 unspecified atom stereocenters. The fraction of sp³-hybridized carbons (Fsp3) is 0.281. The van der Waals surface area contributed by atoms with Gasteiger partial charge in [-0.15, -0.1) is 0 Å². The van der Waals surface area contributed by atoms with Gasteiger partial charge in [0.1, 0.15) is 12.4 Å². The lowest BCUT2D eigenvalue weighted by Gasteiger charge is -2.23. The number of hydrogen-bond acceptors (Lipinski definition) is 3. The Balaban J connectivity index is 1.57. The highest BCUT2D eigenvalue weighted by molar-refractivity contribution is 6.32. The van der Waals surface area contributed by atoms with Crippen LogP contribution >= 0.6 is 11.6 Å². The standard InChI is InChI=1S/C32H36ClN5O2/c1-22-15-16-25(19-23(22)2)34-31(40)37(18-17-24-11-7-6-8-12-24)21-30(39)35-29-20-28(32(3,4)5)36-38(29)27-14-10-9-13-26(27)33/h6-16,19-20H,17-18,21H2,1-5H3,(H,34,40)(H,35,39). The number of carbonyl (C=O) groups excluding carboxylic acids is 2. The van der Waals surface area contributed by atoms with Crippen LogP contribution in [0.5, 0.6) is 0 Å². The molecular weight excluding hydrogens is 522 g/mol. The summed E-state index contributed by atoms with van der Waals surface area (Å²) in [6, 6.07) is 24.5. The van der Waals surface area contributed by atoms with Gasteiger partial charge in [-0.2, -0.15) is 5.10 Å². The van der Waals surface area contributed by atoms with E-state index >= 15 is 0 Å². The van der Waals surface area contributed by atoms with Gasteiger partial charge in [0.25, 0.3) is 0 Å². The van der Waals surface area contributed by atoms with Gasteiger partial charge in [-0.3, -0.25) is 4.79 Å². The van der Waals surface area contributed by atoms with E-state index in [1.165, 1.54) is 4.90 Å². The summed E-state index contributed by atoms with van der Waals surface area (Å²) in [5, 5.41) is 11.2. The Hall–Kier alpha value is -4.10. The van der Waals surface area contributed by atoms with Gasteiger partial charge in [0.15, 0.2) is 0 Å². The zero-order valence-corrected chi connectivity index (χ0v) is 24.4. The van der Waals surface area contributed by atoms with Gasteiger partial charge in [-0.1, -0.05) is 80.9 Å². The Morgan fingerprint density at radius 2 is 1.60 bits per heavy atom. The van der Waals surface area contributed by atoms with Crippen LogP contribution < -0.4 is 10.6 Å². The zero-order valence-electron chi connectivity index (χ0n) is 23.7. The number of anilines is 2. The maximum atomic E-state index is 13.4. The molecular formula is C32H36ClN5O2. The molecule has 0 aliphatic rings. The molecule has 208 valence electrons. The highest BCUT2D eigenvalue weighted by atomic mass is 35.5. The van der Waals surface area contributed by atoms with Crippen molar-refractivity contribution < 1.29 is 9.59 Å². The first-order valence-corrected chi connectivity index (χ1v) is 13.7. The lowest BCUT2D eigenvalue weighted by molar-refractivity contribution is -0.116. The predicted molar refractivity (Wildman–Crippen MR) is 163 cm³/mol. The van der Waals surface area contributed by atoms with E-state index in [0.717, 1.165) is 22.4 Å². The Kier molecular flexibility index (Phi) is 8.95. The highest BCUT2D eigenvalue weighted by Gasteiger charge is 2.24. The van der Waals surface area contributed by atoms with Gasteiger partial charge in [0, 0.05) is 23.7 Å². The maximum absolute atomic E-state index is 13.4. The Morgan fingerprint density at radius 1 is 0.900 bits per heavy atom. The number of benzene rings is 3. The number of hydrogen-bond donors (Lipinski definition) is 2. The second-order valence-corrected chi connectivity index (χ2v) is 11.4. The number of nitrogens with zero attached hydrogens (tertiary/aromatic N) is 3. The molecule has 7 nitrogen and oxygen atoms in total. The molecule has 3 amide bonds. The normalized spacial score (nSPS) is 11.2. The van der Waals surface area contributed by atoms with E-state index in [1.54, 1.807) is 10.7 Å². The predicted octanol–water partition coefficient (Wildman–Crippen LogP) is 7.16. The smallest absolute Gasteiger partial charge is 0.315 e. The number of amides is 3. The largest absolute Gasteiger partial charge is 0.322 e. The van der Waals surface area contributed by atoms with Crippen LogP contribution in [0.4, 0.5) is 16.3 Å². The van der Waals surface area contributed by atoms with Gasteiger partial charge in [-0.25, -0.2) is 9.48 Å². The first-order valence-electron chi connectivity index (χ1n) is 13.3. The molecule has 0 fully saturated rings. The minimum absolute atomic E-state index is 0.137. The molecule has 40 heavy (non-hydrogen) atoms. The SMILES string of the molecule is Cc1ccc(NC(=O)N(CCc2ccccc2)CC(=O)Nc2cc(C(C)(C)C)nn2-c2ccccc2Cl)cc1C. The van der Waals surface area contributed by atoms with Crippen LogP contribution in [0.3, 0.4) is 0 Å².